The number of para-hydroxylation sites is 2. The maximum atomic E-state index is 13.4. The summed E-state index contributed by atoms with van der Waals surface area (Å²) in [5.41, 5.74) is 4.18. The highest BCUT2D eigenvalue weighted by Crippen LogP contribution is 2.30. The maximum absolute atomic E-state index is 13.4. The van der Waals surface area contributed by atoms with Crippen molar-refractivity contribution in [3.8, 4) is 5.75 Å². The Morgan fingerprint density at radius 3 is 2.74 bits per heavy atom. The van der Waals surface area contributed by atoms with Crippen molar-refractivity contribution in [2.45, 2.75) is 38.6 Å². The van der Waals surface area contributed by atoms with Gasteiger partial charge in [-0.05, 0) is 44.7 Å². The van der Waals surface area contributed by atoms with Crippen LogP contribution in [0.15, 0.2) is 24.3 Å². The number of aromatic nitrogens is 2. The lowest BCUT2D eigenvalue weighted by atomic mass is 9.95. The molecular weight excluding hydrogens is 340 g/mol. The summed E-state index contributed by atoms with van der Waals surface area (Å²) in [4.78, 5) is 17.7. The molecule has 6 nitrogen and oxygen atoms in total. The fourth-order valence-corrected chi connectivity index (χ4v) is 4.45. The first kappa shape index (κ1) is 17.9. The number of methoxy groups -OCH3 is 1. The molecule has 2 aromatic rings. The van der Waals surface area contributed by atoms with Crippen LogP contribution in [0.4, 0.5) is 5.69 Å². The zero-order chi connectivity index (χ0) is 19.0. The third-order valence-corrected chi connectivity index (χ3v) is 5.84. The van der Waals surface area contributed by atoms with Crippen LogP contribution >= 0.6 is 0 Å². The molecule has 1 saturated heterocycles. The van der Waals surface area contributed by atoms with Gasteiger partial charge in [-0.25, -0.2) is 0 Å². The number of hydrogen-bond acceptors (Lipinski definition) is 4. The number of rotatable bonds is 3. The van der Waals surface area contributed by atoms with E-state index in [4.69, 9.17) is 4.74 Å². The molecule has 1 fully saturated rings. The van der Waals surface area contributed by atoms with Crippen LogP contribution in [0.5, 0.6) is 5.75 Å². The largest absolute Gasteiger partial charge is 0.495 e. The smallest absolute Gasteiger partial charge is 0.272 e. The molecule has 1 aromatic heterocycles. The molecule has 1 amide bonds. The van der Waals surface area contributed by atoms with Crippen molar-refractivity contribution in [1.29, 1.82) is 0 Å². The number of amides is 1. The van der Waals surface area contributed by atoms with E-state index in [-0.39, 0.29) is 11.9 Å². The molecule has 2 heterocycles. The number of ether oxygens (including phenoxy) is 1. The number of benzene rings is 1. The van der Waals surface area contributed by atoms with Gasteiger partial charge in [-0.3, -0.25) is 9.48 Å². The number of carbonyl (C=O) groups is 1. The Kier molecular flexibility index (Phi) is 4.81. The predicted molar refractivity (Wildman–Crippen MR) is 106 cm³/mol. The number of hydrogen-bond donors (Lipinski definition) is 0. The fourth-order valence-electron chi connectivity index (χ4n) is 4.45. The number of carbonyl (C=O) groups excluding carboxylic acids is 1. The number of aryl methyl sites for hydroxylation is 2. The molecule has 144 valence electrons. The van der Waals surface area contributed by atoms with Crippen LogP contribution in [0.25, 0.3) is 0 Å². The summed E-state index contributed by atoms with van der Waals surface area (Å²) in [6.45, 7) is 4.43. The number of nitrogens with zero attached hydrogens (tertiary/aromatic N) is 4. The summed E-state index contributed by atoms with van der Waals surface area (Å²) in [6.07, 6.45) is 4.29. The molecular formula is C21H28N4O2. The van der Waals surface area contributed by atoms with E-state index < -0.39 is 0 Å². The molecule has 0 N–H and O–H groups in total. The van der Waals surface area contributed by atoms with Crippen LogP contribution < -0.4 is 9.64 Å². The van der Waals surface area contributed by atoms with Gasteiger partial charge in [0.15, 0.2) is 0 Å². The molecule has 0 bridgehead atoms. The quantitative estimate of drug-likeness (QED) is 0.836. The molecule has 27 heavy (non-hydrogen) atoms. The zero-order valence-electron chi connectivity index (χ0n) is 16.4. The van der Waals surface area contributed by atoms with Crippen LogP contribution in [-0.2, 0) is 19.9 Å². The Labute approximate surface area is 160 Å². The summed E-state index contributed by atoms with van der Waals surface area (Å²) in [6, 6.07) is 8.21. The highest BCUT2D eigenvalue weighted by atomic mass is 16.5. The van der Waals surface area contributed by atoms with Crippen molar-refractivity contribution >= 4 is 11.6 Å². The Hall–Kier alpha value is -2.50. The molecule has 1 aliphatic heterocycles. The van der Waals surface area contributed by atoms with Crippen LogP contribution in [0.2, 0.25) is 0 Å². The molecule has 1 atom stereocenters. The van der Waals surface area contributed by atoms with Crippen molar-refractivity contribution in [3.05, 3.63) is 41.2 Å². The van der Waals surface area contributed by atoms with Gasteiger partial charge in [0, 0.05) is 38.3 Å². The van der Waals surface area contributed by atoms with E-state index in [1.807, 2.05) is 30.1 Å². The van der Waals surface area contributed by atoms with Crippen molar-refractivity contribution in [2.75, 3.05) is 31.6 Å². The molecule has 0 unspecified atom stereocenters. The van der Waals surface area contributed by atoms with Gasteiger partial charge in [0.25, 0.3) is 5.91 Å². The molecule has 2 aliphatic rings. The maximum Gasteiger partial charge on any atom is 0.272 e. The van der Waals surface area contributed by atoms with Crippen LogP contribution in [0.1, 0.15) is 41.5 Å². The summed E-state index contributed by atoms with van der Waals surface area (Å²) in [7, 11) is 3.61. The molecule has 4 rings (SSSR count). The molecule has 0 radical (unpaired) electrons. The monoisotopic (exact) mass is 368 g/mol. The van der Waals surface area contributed by atoms with Crippen LogP contribution in [-0.4, -0.2) is 53.4 Å². The van der Waals surface area contributed by atoms with E-state index >= 15 is 0 Å². The van der Waals surface area contributed by atoms with Crippen molar-refractivity contribution in [3.63, 3.8) is 0 Å². The van der Waals surface area contributed by atoms with E-state index in [9.17, 15) is 4.79 Å². The van der Waals surface area contributed by atoms with Gasteiger partial charge in [0.05, 0.1) is 18.5 Å². The number of piperazine rings is 1. The standard InChI is InChI=1S/C21H28N4O2/c1-15-14-24(18-10-6-7-11-19(18)27-3)12-13-25(15)21(26)20-16-8-4-5-9-17(16)22-23(20)2/h6-7,10-11,15H,4-5,8-9,12-14H2,1-3H3/t15-/m1/s1. The number of anilines is 1. The van der Waals surface area contributed by atoms with Gasteiger partial charge in [0.1, 0.15) is 11.4 Å². The van der Waals surface area contributed by atoms with Gasteiger partial charge in [-0.15, -0.1) is 0 Å². The topological polar surface area (TPSA) is 50.6 Å². The molecule has 0 saturated carbocycles. The zero-order valence-corrected chi connectivity index (χ0v) is 16.4. The lowest BCUT2D eigenvalue weighted by molar-refractivity contribution is 0.0661. The van der Waals surface area contributed by atoms with E-state index in [1.54, 1.807) is 11.8 Å². The number of fused-ring (bicyclic) bond motifs is 1. The summed E-state index contributed by atoms with van der Waals surface area (Å²) >= 11 is 0. The van der Waals surface area contributed by atoms with Gasteiger partial charge in [-0.2, -0.15) is 5.10 Å². The first-order valence-electron chi connectivity index (χ1n) is 9.84. The van der Waals surface area contributed by atoms with Gasteiger partial charge in [-0.1, -0.05) is 12.1 Å². The minimum absolute atomic E-state index is 0.125. The third kappa shape index (κ3) is 3.17. The average Bonchev–Trinajstić information content (AvgIpc) is 3.03. The minimum atomic E-state index is 0.125. The molecule has 0 spiro atoms. The lowest BCUT2D eigenvalue weighted by Crippen LogP contribution is -2.54. The minimum Gasteiger partial charge on any atom is -0.495 e. The Morgan fingerprint density at radius 2 is 1.96 bits per heavy atom. The Balaban J connectivity index is 1.54. The summed E-state index contributed by atoms with van der Waals surface area (Å²) < 4.78 is 7.31. The second kappa shape index (κ2) is 7.25. The van der Waals surface area contributed by atoms with E-state index in [0.717, 1.165) is 55.2 Å². The SMILES string of the molecule is COc1ccccc1N1CCN(C(=O)c2c3c(nn2C)CCCC3)[C@H](C)C1. The second-order valence-electron chi connectivity index (χ2n) is 7.57. The Bertz CT molecular complexity index is 845. The van der Waals surface area contributed by atoms with Crippen molar-refractivity contribution in [2.24, 2.45) is 7.05 Å². The van der Waals surface area contributed by atoms with Gasteiger partial charge >= 0.3 is 0 Å². The molecule has 1 aromatic carbocycles. The van der Waals surface area contributed by atoms with Gasteiger partial charge < -0.3 is 14.5 Å². The summed E-state index contributed by atoms with van der Waals surface area (Å²) in [5.74, 6) is 1.01. The van der Waals surface area contributed by atoms with E-state index in [1.165, 1.54) is 12.0 Å². The van der Waals surface area contributed by atoms with Crippen LogP contribution in [0, 0.1) is 0 Å². The van der Waals surface area contributed by atoms with Crippen LogP contribution in [0.3, 0.4) is 0 Å². The van der Waals surface area contributed by atoms with Crippen molar-refractivity contribution < 1.29 is 9.53 Å². The highest BCUT2D eigenvalue weighted by Gasteiger charge is 2.33. The first-order chi connectivity index (χ1) is 13.1. The predicted octanol–water partition coefficient (Wildman–Crippen LogP) is 2.66. The van der Waals surface area contributed by atoms with Crippen molar-refractivity contribution in [1.82, 2.24) is 14.7 Å². The van der Waals surface area contributed by atoms with E-state index in [2.05, 4.69) is 23.0 Å². The highest BCUT2D eigenvalue weighted by molar-refractivity contribution is 5.94. The molecule has 6 heteroatoms. The average molecular weight is 368 g/mol. The van der Waals surface area contributed by atoms with E-state index in [0.29, 0.717) is 6.54 Å². The second-order valence-corrected chi connectivity index (χ2v) is 7.57. The summed E-state index contributed by atoms with van der Waals surface area (Å²) in [5, 5.41) is 4.62. The Morgan fingerprint density at radius 1 is 1.19 bits per heavy atom. The third-order valence-electron chi connectivity index (χ3n) is 5.84. The molecule has 1 aliphatic carbocycles. The van der Waals surface area contributed by atoms with Gasteiger partial charge in [0.2, 0.25) is 0 Å². The lowest BCUT2D eigenvalue weighted by Gasteiger charge is -2.41. The normalized spacial score (nSPS) is 19.7. The fraction of sp³-hybridized carbons (Fsp3) is 0.524. The first-order valence-corrected chi connectivity index (χ1v) is 9.84.